The number of sulfone groups is 1. The Balaban J connectivity index is 1.92. The second-order valence-electron chi connectivity index (χ2n) is 4.84. The van der Waals surface area contributed by atoms with E-state index in [-0.39, 0.29) is 37.0 Å². The van der Waals surface area contributed by atoms with Crippen LogP contribution in [0.2, 0.25) is 0 Å². The minimum Gasteiger partial charge on any atom is -0.481 e. The molecule has 0 bridgehead atoms. The first-order valence-corrected chi connectivity index (χ1v) is 8.25. The highest BCUT2D eigenvalue weighted by molar-refractivity contribution is 7.91. The molecule has 2 amide bonds. The van der Waals surface area contributed by atoms with Gasteiger partial charge in [0.15, 0.2) is 9.84 Å². The van der Waals surface area contributed by atoms with Crippen LogP contribution >= 0.6 is 0 Å². The van der Waals surface area contributed by atoms with Gasteiger partial charge in [-0.1, -0.05) is 12.1 Å². The fourth-order valence-electron chi connectivity index (χ4n) is 2.00. The molecule has 8 heteroatoms. The monoisotopic (exact) mass is 312 g/mol. The Morgan fingerprint density at radius 3 is 2.24 bits per heavy atom. The Hall–Kier alpha value is -2.09. The van der Waals surface area contributed by atoms with Gasteiger partial charge in [-0.05, 0) is 17.7 Å². The van der Waals surface area contributed by atoms with Gasteiger partial charge in [0.05, 0.1) is 17.9 Å². The van der Waals surface area contributed by atoms with Crippen LogP contribution in [0.1, 0.15) is 5.56 Å². The molecule has 0 aromatic heterocycles. The smallest absolute Gasteiger partial charge is 0.321 e. The van der Waals surface area contributed by atoms with Crippen molar-refractivity contribution >= 4 is 27.5 Å². The molecule has 0 aliphatic carbocycles. The fourth-order valence-corrected chi connectivity index (χ4v) is 3.20. The summed E-state index contributed by atoms with van der Waals surface area (Å²) in [5, 5.41) is 11.3. The number of benzene rings is 1. The van der Waals surface area contributed by atoms with Crippen LogP contribution in [0.15, 0.2) is 24.3 Å². The van der Waals surface area contributed by atoms with Crippen molar-refractivity contribution in [3.8, 4) is 0 Å². The van der Waals surface area contributed by atoms with Gasteiger partial charge in [-0.2, -0.15) is 0 Å². The summed E-state index contributed by atoms with van der Waals surface area (Å²) >= 11 is 0. The van der Waals surface area contributed by atoms with Gasteiger partial charge < -0.3 is 15.3 Å². The molecule has 2 rings (SSSR count). The maximum Gasteiger partial charge on any atom is 0.321 e. The zero-order valence-corrected chi connectivity index (χ0v) is 12.1. The van der Waals surface area contributed by atoms with Gasteiger partial charge in [-0.25, -0.2) is 13.2 Å². The molecule has 21 heavy (non-hydrogen) atoms. The van der Waals surface area contributed by atoms with E-state index in [0.29, 0.717) is 11.3 Å². The number of carboxylic acids is 1. The van der Waals surface area contributed by atoms with Gasteiger partial charge in [-0.15, -0.1) is 0 Å². The van der Waals surface area contributed by atoms with Crippen LogP contribution in [0.3, 0.4) is 0 Å². The quantitative estimate of drug-likeness (QED) is 0.849. The fraction of sp³-hybridized carbons (Fsp3) is 0.385. The first-order valence-electron chi connectivity index (χ1n) is 6.43. The van der Waals surface area contributed by atoms with Crippen LogP contribution in [0, 0.1) is 0 Å². The SMILES string of the molecule is O=C(O)Cc1ccc(NC(=O)N2CCS(=O)(=O)CC2)cc1. The van der Waals surface area contributed by atoms with E-state index in [4.69, 9.17) is 5.11 Å². The molecular formula is C13H16N2O5S. The molecule has 1 fully saturated rings. The third kappa shape index (κ3) is 4.45. The van der Waals surface area contributed by atoms with E-state index < -0.39 is 15.8 Å². The Labute approximate surface area is 122 Å². The highest BCUT2D eigenvalue weighted by atomic mass is 32.2. The summed E-state index contributed by atoms with van der Waals surface area (Å²) in [5.74, 6) is -0.947. The molecule has 1 aromatic carbocycles. The van der Waals surface area contributed by atoms with Crippen LogP contribution in [0.25, 0.3) is 0 Å². The molecule has 0 unspecified atom stereocenters. The zero-order chi connectivity index (χ0) is 15.5. The van der Waals surface area contributed by atoms with Crippen molar-refractivity contribution in [2.24, 2.45) is 0 Å². The molecular weight excluding hydrogens is 296 g/mol. The van der Waals surface area contributed by atoms with E-state index in [1.807, 2.05) is 0 Å². The van der Waals surface area contributed by atoms with Crippen molar-refractivity contribution in [1.29, 1.82) is 0 Å². The summed E-state index contributed by atoms with van der Waals surface area (Å²) in [6.07, 6.45) is -0.0712. The lowest BCUT2D eigenvalue weighted by molar-refractivity contribution is -0.136. The number of hydrogen-bond acceptors (Lipinski definition) is 4. The molecule has 0 spiro atoms. The summed E-state index contributed by atoms with van der Waals surface area (Å²) < 4.78 is 22.6. The first kappa shape index (κ1) is 15.3. The molecule has 0 atom stereocenters. The van der Waals surface area contributed by atoms with E-state index in [2.05, 4.69) is 5.32 Å². The van der Waals surface area contributed by atoms with E-state index in [1.54, 1.807) is 24.3 Å². The van der Waals surface area contributed by atoms with E-state index in [0.717, 1.165) is 0 Å². The maximum absolute atomic E-state index is 12.0. The number of nitrogens with one attached hydrogen (secondary N) is 1. The summed E-state index contributed by atoms with van der Waals surface area (Å²) in [5.41, 5.74) is 1.19. The Morgan fingerprint density at radius 2 is 1.71 bits per heavy atom. The van der Waals surface area contributed by atoms with Crippen molar-refractivity contribution in [2.75, 3.05) is 29.9 Å². The molecule has 114 valence electrons. The van der Waals surface area contributed by atoms with Gasteiger partial charge in [0.1, 0.15) is 0 Å². The van der Waals surface area contributed by atoms with E-state index in [1.165, 1.54) is 4.90 Å². The molecule has 1 aliphatic heterocycles. The second kappa shape index (κ2) is 6.13. The zero-order valence-electron chi connectivity index (χ0n) is 11.3. The lowest BCUT2D eigenvalue weighted by Gasteiger charge is -2.26. The molecule has 1 aromatic rings. The summed E-state index contributed by atoms with van der Waals surface area (Å²) in [6, 6.07) is 6.15. The van der Waals surface area contributed by atoms with E-state index in [9.17, 15) is 18.0 Å². The van der Waals surface area contributed by atoms with Gasteiger partial charge in [0, 0.05) is 18.8 Å². The number of urea groups is 1. The minimum atomic E-state index is -3.02. The van der Waals surface area contributed by atoms with Crippen LogP contribution in [0.5, 0.6) is 0 Å². The number of carboxylic acid groups (broad SMARTS) is 1. The van der Waals surface area contributed by atoms with Crippen molar-refractivity contribution in [3.63, 3.8) is 0 Å². The number of aliphatic carboxylic acids is 1. The van der Waals surface area contributed by atoms with Gasteiger partial charge in [-0.3, -0.25) is 4.79 Å². The molecule has 0 saturated carbocycles. The van der Waals surface area contributed by atoms with Gasteiger partial charge in [0.2, 0.25) is 0 Å². The Kier molecular flexibility index (Phi) is 4.46. The standard InChI is InChI=1S/C13H16N2O5S/c16-12(17)9-10-1-3-11(4-2-10)14-13(18)15-5-7-21(19,20)8-6-15/h1-4H,5-9H2,(H,14,18)(H,16,17). The largest absolute Gasteiger partial charge is 0.481 e. The number of amides is 2. The molecule has 2 N–H and O–H groups in total. The summed E-state index contributed by atoms with van der Waals surface area (Å²) in [6.45, 7) is 0.372. The van der Waals surface area contributed by atoms with E-state index >= 15 is 0 Å². The number of anilines is 1. The maximum atomic E-state index is 12.0. The van der Waals surface area contributed by atoms with Crippen LogP contribution in [-0.2, 0) is 21.1 Å². The lowest BCUT2D eigenvalue weighted by atomic mass is 10.1. The van der Waals surface area contributed by atoms with Crippen LogP contribution < -0.4 is 5.32 Å². The Morgan fingerprint density at radius 1 is 1.14 bits per heavy atom. The number of carbonyl (C=O) groups is 2. The molecule has 1 aliphatic rings. The van der Waals surface area contributed by atoms with Crippen molar-refractivity contribution < 1.29 is 23.1 Å². The van der Waals surface area contributed by atoms with Crippen LogP contribution in [0.4, 0.5) is 10.5 Å². The van der Waals surface area contributed by atoms with Crippen molar-refractivity contribution in [3.05, 3.63) is 29.8 Å². The normalized spacial score (nSPS) is 17.2. The lowest BCUT2D eigenvalue weighted by Crippen LogP contribution is -2.45. The predicted molar refractivity (Wildman–Crippen MR) is 77.0 cm³/mol. The number of carbonyl (C=O) groups excluding carboxylic acids is 1. The first-order chi connectivity index (χ1) is 9.85. The third-order valence-electron chi connectivity index (χ3n) is 3.19. The predicted octanol–water partition coefficient (Wildman–Crippen LogP) is 0.576. The molecule has 1 saturated heterocycles. The average molecular weight is 312 g/mol. The topological polar surface area (TPSA) is 104 Å². The van der Waals surface area contributed by atoms with Gasteiger partial charge in [0.25, 0.3) is 0 Å². The van der Waals surface area contributed by atoms with Gasteiger partial charge >= 0.3 is 12.0 Å². The minimum absolute atomic E-state index is 0.0159. The molecule has 1 heterocycles. The highest BCUT2D eigenvalue weighted by Gasteiger charge is 2.24. The van der Waals surface area contributed by atoms with Crippen molar-refractivity contribution in [1.82, 2.24) is 4.90 Å². The third-order valence-corrected chi connectivity index (χ3v) is 4.80. The van der Waals surface area contributed by atoms with Crippen LogP contribution in [-0.4, -0.2) is 55.0 Å². The number of nitrogens with zero attached hydrogens (tertiary/aromatic N) is 1. The molecule has 0 radical (unpaired) electrons. The highest BCUT2D eigenvalue weighted by Crippen LogP contribution is 2.12. The van der Waals surface area contributed by atoms with Crippen molar-refractivity contribution in [2.45, 2.75) is 6.42 Å². The average Bonchev–Trinajstić information content (AvgIpc) is 2.40. The summed E-state index contributed by atoms with van der Waals surface area (Å²) in [7, 11) is -3.02. The molecule has 7 nitrogen and oxygen atoms in total. The second-order valence-corrected chi connectivity index (χ2v) is 7.14. The summed E-state index contributed by atoms with van der Waals surface area (Å²) in [4.78, 5) is 24.0. The Bertz CT molecular complexity index is 625. The number of rotatable bonds is 3. The number of hydrogen-bond donors (Lipinski definition) is 2.